The molecule has 0 saturated heterocycles. The van der Waals surface area contributed by atoms with Gasteiger partial charge in [-0.25, -0.2) is 12.8 Å². The Balaban J connectivity index is 2.17. The predicted octanol–water partition coefficient (Wildman–Crippen LogP) is 2.19. The van der Waals surface area contributed by atoms with E-state index in [0.717, 1.165) is 16.6 Å². The summed E-state index contributed by atoms with van der Waals surface area (Å²) in [6.45, 7) is 0.877. The molecule has 0 aliphatic heterocycles. The average Bonchev–Trinajstić information content (AvgIpc) is 2.52. The Morgan fingerprint density at radius 1 is 1.04 bits per heavy atom. The Labute approximate surface area is 150 Å². The van der Waals surface area contributed by atoms with Crippen LogP contribution in [0.5, 0.6) is 0 Å². The maximum Gasteiger partial charge on any atom is 0.245 e. The van der Waals surface area contributed by atoms with Gasteiger partial charge in [-0.05, 0) is 42.5 Å². The number of carbonyl (C=O) groups excluding carboxylic acids is 2. The van der Waals surface area contributed by atoms with Gasteiger partial charge in [-0.3, -0.25) is 13.9 Å². The topological polar surface area (TPSA) is 95.6 Å². The average molecular weight is 379 g/mol. The minimum Gasteiger partial charge on any atom is -0.326 e. The standard InChI is InChI=1S/C17H18FN3O4S/c1-12(22)19-14-6-8-16(9-7-14)21(26(2,24)25)11-17(23)20-15-5-3-4-13(18)10-15/h3-10H,11H2,1-2H3,(H,19,22)(H,20,23). The molecule has 2 N–H and O–H groups in total. The van der Waals surface area contributed by atoms with Gasteiger partial charge >= 0.3 is 0 Å². The molecule has 2 amide bonds. The summed E-state index contributed by atoms with van der Waals surface area (Å²) in [5, 5.41) is 5.02. The number of amides is 2. The SMILES string of the molecule is CC(=O)Nc1ccc(N(CC(=O)Nc2cccc(F)c2)S(C)(=O)=O)cc1. The van der Waals surface area contributed by atoms with Crippen LogP contribution < -0.4 is 14.9 Å². The molecule has 0 unspecified atom stereocenters. The van der Waals surface area contributed by atoms with Gasteiger partial charge in [0.1, 0.15) is 12.4 Å². The molecule has 2 rings (SSSR count). The van der Waals surface area contributed by atoms with Gasteiger partial charge in [-0.2, -0.15) is 0 Å². The van der Waals surface area contributed by atoms with Gasteiger partial charge in [-0.15, -0.1) is 0 Å². The summed E-state index contributed by atoms with van der Waals surface area (Å²) in [4.78, 5) is 23.2. The molecule has 9 heteroatoms. The fourth-order valence-corrected chi connectivity index (χ4v) is 3.07. The highest BCUT2D eigenvalue weighted by Gasteiger charge is 2.21. The van der Waals surface area contributed by atoms with E-state index in [1.807, 2.05) is 0 Å². The molecule has 2 aromatic carbocycles. The molecule has 0 saturated carbocycles. The van der Waals surface area contributed by atoms with Crippen LogP contribution in [0.3, 0.4) is 0 Å². The molecule has 0 aliphatic rings. The molecule has 7 nitrogen and oxygen atoms in total. The smallest absolute Gasteiger partial charge is 0.245 e. The van der Waals surface area contributed by atoms with Crippen LogP contribution in [0.25, 0.3) is 0 Å². The third-order valence-electron chi connectivity index (χ3n) is 3.27. The van der Waals surface area contributed by atoms with Gasteiger partial charge in [0.15, 0.2) is 0 Å². The van der Waals surface area contributed by atoms with Crippen LogP contribution in [0.15, 0.2) is 48.5 Å². The van der Waals surface area contributed by atoms with Crippen molar-refractivity contribution >= 4 is 38.9 Å². The van der Waals surface area contributed by atoms with Gasteiger partial charge in [0.25, 0.3) is 0 Å². The van der Waals surface area contributed by atoms with E-state index in [-0.39, 0.29) is 17.3 Å². The van der Waals surface area contributed by atoms with Crippen LogP contribution in [0.2, 0.25) is 0 Å². The van der Waals surface area contributed by atoms with Crippen LogP contribution in [-0.2, 0) is 19.6 Å². The Morgan fingerprint density at radius 3 is 2.23 bits per heavy atom. The number of benzene rings is 2. The minimum atomic E-state index is -3.74. The van der Waals surface area contributed by atoms with Crippen LogP contribution >= 0.6 is 0 Å². The van der Waals surface area contributed by atoms with Gasteiger partial charge in [0, 0.05) is 18.3 Å². The van der Waals surface area contributed by atoms with Crippen molar-refractivity contribution < 1.29 is 22.4 Å². The molecular formula is C17H18FN3O4S. The van der Waals surface area contributed by atoms with E-state index in [1.165, 1.54) is 49.4 Å². The Bertz CT molecular complexity index is 914. The molecule has 0 aromatic heterocycles. The first-order valence-electron chi connectivity index (χ1n) is 7.56. The second kappa shape index (κ2) is 7.96. The third kappa shape index (κ3) is 5.55. The van der Waals surface area contributed by atoms with Crippen LogP contribution in [0.4, 0.5) is 21.5 Å². The maximum atomic E-state index is 13.2. The first-order valence-corrected chi connectivity index (χ1v) is 9.41. The van der Waals surface area contributed by atoms with Crippen molar-refractivity contribution in [2.24, 2.45) is 0 Å². The van der Waals surface area contributed by atoms with Crippen LogP contribution in [0, 0.1) is 5.82 Å². The van der Waals surface area contributed by atoms with Crippen molar-refractivity contribution in [3.8, 4) is 0 Å². The number of sulfonamides is 1. The Hall–Kier alpha value is -2.94. The lowest BCUT2D eigenvalue weighted by Crippen LogP contribution is -2.37. The number of carbonyl (C=O) groups is 2. The van der Waals surface area contributed by atoms with Crippen molar-refractivity contribution in [3.05, 3.63) is 54.3 Å². The number of rotatable bonds is 6. The first kappa shape index (κ1) is 19.4. The number of halogens is 1. The second-order valence-electron chi connectivity index (χ2n) is 5.56. The van der Waals surface area contributed by atoms with E-state index in [0.29, 0.717) is 5.69 Å². The molecule has 2 aromatic rings. The van der Waals surface area contributed by atoms with Crippen molar-refractivity contribution in [2.45, 2.75) is 6.92 Å². The quantitative estimate of drug-likeness (QED) is 0.804. The highest BCUT2D eigenvalue weighted by molar-refractivity contribution is 7.92. The molecule has 0 radical (unpaired) electrons. The normalized spacial score (nSPS) is 10.9. The predicted molar refractivity (Wildman–Crippen MR) is 98.0 cm³/mol. The number of hydrogen-bond acceptors (Lipinski definition) is 4. The zero-order chi connectivity index (χ0) is 19.3. The third-order valence-corrected chi connectivity index (χ3v) is 4.41. The number of nitrogens with zero attached hydrogens (tertiary/aromatic N) is 1. The van der Waals surface area contributed by atoms with E-state index in [4.69, 9.17) is 0 Å². The molecule has 0 heterocycles. The van der Waals surface area contributed by atoms with Crippen LogP contribution in [0.1, 0.15) is 6.92 Å². The number of hydrogen-bond donors (Lipinski definition) is 2. The highest BCUT2D eigenvalue weighted by Crippen LogP contribution is 2.20. The van der Waals surface area contributed by atoms with E-state index in [1.54, 1.807) is 0 Å². The van der Waals surface area contributed by atoms with Crippen LogP contribution in [-0.4, -0.2) is 33.0 Å². The Morgan fingerprint density at radius 2 is 1.69 bits per heavy atom. The zero-order valence-electron chi connectivity index (χ0n) is 14.2. The van der Waals surface area contributed by atoms with E-state index >= 15 is 0 Å². The van der Waals surface area contributed by atoms with Crippen molar-refractivity contribution in [3.63, 3.8) is 0 Å². The molecular weight excluding hydrogens is 361 g/mol. The largest absolute Gasteiger partial charge is 0.326 e. The molecule has 0 aliphatic carbocycles. The summed E-state index contributed by atoms with van der Waals surface area (Å²) >= 11 is 0. The van der Waals surface area contributed by atoms with Crippen molar-refractivity contribution in [1.82, 2.24) is 0 Å². The van der Waals surface area contributed by atoms with Gasteiger partial charge < -0.3 is 10.6 Å². The van der Waals surface area contributed by atoms with E-state index in [2.05, 4.69) is 10.6 Å². The lowest BCUT2D eigenvalue weighted by molar-refractivity contribution is -0.115. The number of nitrogens with one attached hydrogen (secondary N) is 2. The second-order valence-corrected chi connectivity index (χ2v) is 7.46. The lowest BCUT2D eigenvalue weighted by atomic mass is 10.2. The number of anilines is 3. The first-order chi connectivity index (χ1) is 12.1. The summed E-state index contributed by atoms with van der Waals surface area (Å²) < 4.78 is 38.2. The summed E-state index contributed by atoms with van der Waals surface area (Å²) in [5.74, 6) is -1.39. The molecule has 0 atom stereocenters. The summed E-state index contributed by atoms with van der Waals surface area (Å²) in [6.07, 6.45) is 0.976. The van der Waals surface area contributed by atoms with E-state index < -0.39 is 28.3 Å². The minimum absolute atomic E-state index is 0.226. The van der Waals surface area contributed by atoms with Gasteiger partial charge in [0.05, 0.1) is 11.9 Å². The molecule has 138 valence electrons. The van der Waals surface area contributed by atoms with Gasteiger partial charge in [-0.1, -0.05) is 6.07 Å². The fourth-order valence-electron chi connectivity index (χ4n) is 2.21. The van der Waals surface area contributed by atoms with E-state index in [9.17, 15) is 22.4 Å². The van der Waals surface area contributed by atoms with Gasteiger partial charge in [0.2, 0.25) is 21.8 Å². The molecule has 0 spiro atoms. The summed E-state index contributed by atoms with van der Waals surface area (Å²) in [6, 6.07) is 11.3. The summed E-state index contributed by atoms with van der Waals surface area (Å²) in [5.41, 5.74) is 0.986. The fraction of sp³-hybridized carbons (Fsp3) is 0.176. The highest BCUT2D eigenvalue weighted by atomic mass is 32.2. The Kier molecular flexibility index (Phi) is 5.93. The molecule has 26 heavy (non-hydrogen) atoms. The summed E-state index contributed by atoms with van der Waals surface area (Å²) in [7, 11) is -3.74. The lowest BCUT2D eigenvalue weighted by Gasteiger charge is -2.22. The molecule has 0 bridgehead atoms. The van der Waals surface area contributed by atoms with Crippen molar-refractivity contribution in [1.29, 1.82) is 0 Å². The molecule has 0 fully saturated rings. The monoisotopic (exact) mass is 379 g/mol. The zero-order valence-corrected chi connectivity index (χ0v) is 15.0. The van der Waals surface area contributed by atoms with Crippen molar-refractivity contribution in [2.75, 3.05) is 27.7 Å². The maximum absolute atomic E-state index is 13.2.